The van der Waals surface area contributed by atoms with Crippen molar-refractivity contribution in [2.24, 2.45) is 0 Å². The molecular formula is C13H22NO10P. The monoisotopic (exact) mass is 383 g/mol. The SMILES string of the molecule is CO[C@@]1(NC(=O)CP(=O)(O)O)O[C@H](C)[C@@H](OC(C)=O)C[C@@H]1OC(C)=O. The minimum atomic E-state index is -4.62. The van der Waals surface area contributed by atoms with E-state index in [1.807, 2.05) is 0 Å². The molecule has 0 aromatic rings. The zero-order valence-electron chi connectivity index (χ0n) is 14.3. The van der Waals surface area contributed by atoms with Crippen molar-refractivity contribution in [3.8, 4) is 0 Å². The lowest BCUT2D eigenvalue weighted by molar-refractivity contribution is -0.339. The van der Waals surface area contributed by atoms with E-state index in [-0.39, 0.29) is 6.42 Å². The zero-order chi connectivity index (χ0) is 19.4. The minimum Gasteiger partial charge on any atom is -0.460 e. The Morgan fingerprint density at radius 2 is 1.80 bits per heavy atom. The molecule has 0 saturated carbocycles. The average molecular weight is 383 g/mol. The normalized spacial score (nSPS) is 29.6. The van der Waals surface area contributed by atoms with Crippen molar-refractivity contribution >= 4 is 25.4 Å². The molecule has 1 aliphatic rings. The minimum absolute atomic E-state index is 0.0512. The lowest BCUT2D eigenvalue weighted by Gasteiger charge is -2.46. The smallest absolute Gasteiger partial charge is 0.334 e. The quantitative estimate of drug-likeness (QED) is 0.303. The number of carbonyl (C=O) groups is 3. The predicted molar refractivity (Wildman–Crippen MR) is 81.1 cm³/mol. The van der Waals surface area contributed by atoms with Crippen LogP contribution in [0.1, 0.15) is 27.2 Å². The summed E-state index contributed by atoms with van der Waals surface area (Å²) in [5, 5.41) is 2.21. The summed E-state index contributed by atoms with van der Waals surface area (Å²) < 4.78 is 31.9. The summed E-state index contributed by atoms with van der Waals surface area (Å²) in [6.07, 6.45) is -3.90. The predicted octanol–water partition coefficient (Wildman–Crippen LogP) is -0.747. The third-order valence-corrected chi connectivity index (χ3v) is 4.05. The fourth-order valence-corrected chi connectivity index (χ4v) is 2.88. The summed E-state index contributed by atoms with van der Waals surface area (Å²) in [5.74, 6) is -4.33. The van der Waals surface area contributed by atoms with Gasteiger partial charge in [0.25, 0.3) is 5.91 Å². The van der Waals surface area contributed by atoms with Crippen molar-refractivity contribution in [1.29, 1.82) is 0 Å². The standard InChI is InChI=1S/C13H22NO10P/c1-7-10(22-8(2)15)5-11(23-9(3)16)13(21-4,24-7)14-12(17)6-25(18,19)20/h7,10-11H,5-6H2,1-4H3,(H,14,17)(H2,18,19,20)/t7-,10+,11+,13-/m1/s1. The van der Waals surface area contributed by atoms with Crippen LogP contribution in [0.4, 0.5) is 0 Å². The Kier molecular flexibility index (Phi) is 7.09. The first-order chi connectivity index (χ1) is 11.4. The Labute approximate surface area is 144 Å². The second-order valence-corrected chi connectivity index (χ2v) is 7.19. The Morgan fingerprint density at radius 3 is 2.24 bits per heavy atom. The van der Waals surface area contributed by atoms with E-state index < -0.39 is 55.8 Å². The van der Waals surface area contributed by atoms with Crippen LogP contribution in [0.2, 0.25) is 0 Å². The van der Waals surface area contributed by atoms with E-state index >= 15 is 0 Å². The van der Waals surface area contributed by atoms with Crippen molar-refractivity contribution in [1.82, 2.24) is 5.32 Å². The van der Waals surface area contributed by atoms with Gasteiger partial charge in [-0.25, -0.2) is 0 Å². The number of nitrogens with one attached hydrogen (secondary N) is 1. The molecule has 0 aromatic carbocycles. The fourth-order valence-electron chi connectivity index (χ4n) is 2.43. The molecule has 25 heavy (non-hydrogen) atoms. The second-order valence-electron chi connectivity index (χ2n) is 5.55. The van der Waals surface area contributed by atoms with Gasteiger partial charge in [0.05, 0.1) is 6.10 Å². The van der Waals surface area contributed by atoms with Gasteiger partial charge in [-0.05, 0) is 6.92 Å². The van der Waals surface area contributed by atoms with Gasteiger partial charge in [0.2, 0.25) is 5.91 Å². The first-order valence-electron chi connectivity index (χ1n) is 7.31. The number of carbonyl (C=O) groups excluding carboxylic acids is 3. The average Bonchev–Trinajstić information content (AvgIpc) is 2.40. The molecular weight excluding hydrogens is 361 g/mol. The molecule has 1 fully saturated rings. The summed E-state index contributed by atoms with van der Waals surface area (Å²) in [4.78, 5) is 52.2. The van der Waals surface area contributed by atoms with Crippen LogP contribution >= 0.6 is 7.60 Å². The Morgan fingerprint density at radius 1 is 1.24 bits per heavy atom. The Balaban J connectivity index is 3.06. The van der Waals surface area contributed by atoms with Gasteiger partial charge in [-0.2, -0.15) is 0 Å². The second kappa shape index (κ2) is 8.24. The lowest BCUT2D eigenvalue weighted by atomic mass is 10.00. The molecule has 0 aliphatic carbocycles. The number of hydrogen-bond donors (Lipinski definition) is 3. The van der Waals surface area contributed by atoms with Gasteiger partial charge in [-0.3, -0.25) is 18.9 Å². The molecule has 0 aromatic heterocycles. The molecule has 3 N–H and O–H groups in total. The number of esters is 2. The van der Waals surface area contributed by atoms with E-state index in [9.17, 15) is 18.9 Å². The van der Waals surface area contributed by atoms with Crippen LogP contribution in [0.3, 0.4) is 0 Å². The van der Waals surface area contributed by atoms with Crippen LogP contribution in [0.5, 0.6) is 0 Å². The van der Waals surface area contributed by atoms with Crippen molar-refractivity contribution in [2.75, 3.05) is 13.3 Å². The molecule has 144 valence electrons. The largest absolute Gasteiger partial charge is 0.460 e. The maximum Gasteiger partial charge on any atom is 0.334 e. The highest BCUT2D eigenvalue weighted by molar-refractivity contribution is 7.52. The Bertz CT molecular complexity index is 575. The van der Waals surface area contributed by atoms with Crippen molar-refractivity contribution in [3.63, 3.8) is 0 Å². The fraction of sp³-hybridized carbons (Fsp3) is 0.769. The van der Waals surface area contributed by atoms with E-state index in [0.29, 0.717) is 0 Å². The van der Waals surface area contributed by atoms with Crippen molar-refractivity contribution in [3.05, 3.63) is 0 Å². The number of rotatable bonds is 6. The van der Waals surface area contributed by atoms with E-state index in [2.05, 4.69) is 5.32 Å². The molecule has 0 unspecified atom stereocenters. The van der Waals surface area contributed by atoms with E-state index in [4.69, 9.17) is 28.7 Å². The van der Waals surface area contributed by atoms with Gasteiger partial charge in [0.15, 0.2) is 6.10 Å². The zero-order valence-corrected chi connectivity index (χ0v) is 15.1. The first kappa shape index (κ1) is 21.5. The summed E-state index contributed by atoms with van der Waals surface area (Å²) in [7, 11) is -3.46. The molecule has 1 saturated heterocycles. The van der Waals surface area contributed by atoms with Crippen molar-refractivity contribution < 1.29 is 47.7 Å². The lowest BCUT2D eigenvalue weighted by Crippen LogP contribution is -2.67. The molecule has 1 amide bonds. The van der Waals surface area contributed by atoms with Gasteiger partial charge in [0.1, 0.15) is 12.3 Å². The highest BCUT2D eigenvalue weighted by atomic mass is 31.2. The summed E-state index contributed by atoms with van der Waals surface area (Å²) in [6.45, 7) is 3.87. The molecule has 1 aliphatic heterocycles. The van der Waals surface area contributed by atoms with Gasteiger partial charge in [-0.15, -0.1) is 0 Å². The Hall–Kier alpha value is -1.52. The van der Waals surface area contributed by atoms with Crippen LogP contribution in [-0.4, -0.2) is 65.1 Å². The van der Waals surface area contributed by atoms with Crippen LogP contribution in [-0.2, 0) is 37.9 Å². The maximum atomic E-state index is 11.9. The summed E-state index contributed by atoms with van der Waals surface area (Å²) >= 11 is 0. The van der Waals surface area contributed by atoms with Crippen molar-refractivity contribution in [2.45, 2.75) is 51.4 Å². The van der Waals surface area contributed by atoms with Gasteiger partial charge in [-0.1, -0.05) is 0 Å². The number of hydrogen-bond acceptors (Lipinski definition) is 8. The van der Waals surface area contributed by atoms with Crippen LogP contribution in [0, 0.1) is 0 Å². The first-order valence-corrected chi connectivity index (χ1v) is 9.11. The highest BCUT2D eigenvalue weighted by Gasteiger charge is 2.53. The van der Waals surface area contributed by atoms with Gasteiger partial charge >= 0.3 is 19.5 Å². The highest BCUT2D eigenvalue weighted by Crippen LogP contribution is 2.36. The number of methoxy groups -OCH3 is 1. The molecule has 0 spiro atoms. The van der Waals surface area contributed by atoms with Crippen LogP contribution in [0.25, 0.3) is 0 Å². The third kappa shape index (κ3) is 6.37. The molecule has 4 atom stereocenters. The van der Waals surface area contributed by atoms with E-state index in [0.717, 1.165) is 14.0 Å². The van der Waals surface area contributed by atoms with E-state index in [1.54, 1.807) is 6.92 Å². The topological polar surface area (TPSA) is 158 Å². The summed E-state index contributed by atoms with van der Waals surface area (Å²) in [5.41, 5.74) is 0. The molecule has 12 heteroatoms. The molecule has 11 nitrogen and oxygen atoms in total. The van der Waals surface area contributed by atoms with Gasteiger partial charge in [0, 0.05) is 27.4 Å². The van der Waals surface area contributed by atoms with Crippen LogP contribution < -0.4 is 5.32 Å². The molecule has 0 radical (unpaired) electrons. The molecule has 1 heterocycles. The maximum absolute atomic E-state index is 11.9. The summed E-state index contributed by atoms with van der Waals surface area (Å²) in [6, 6.07) is 0. The van der Waals surface area contributed by atoms with Crippen LogP contribution in [0.15, 0.2) is 0 Å². The van der Waals surface area contributed by atoms with E-state index in [1.165, 1.54) is 6.92 Å². The third-order valence-electron chi connectivity index (χ3n) is 3.35. The van der Waals surface area contributed by atoms with Gasteiger partial charge < -0.3 is 34.1 Å². The number of amides is 1. The molecule has 1 rings (SSSR count). The molecule has 0 bridgehead atoms. The number of ether oxygens (including phenoxy) is 4.